The molecule has 1 fully saturated rings. The SMILES string of the molecule is CC(C)CC(NC(=O)c1ccc(Cl)cc1)C(=O)NNC(=O)C1CC1. The lowest BCUT2D eigenvalue weighted by Gasteiger charge is -2.20. The van der Waals surface area contributed by atoms with Crippen molar-refractivity contribution in [1.29, 1.82) is 0 Å². The lowest BCUT2D eigenvalue weighted by molar-refractivity contribution is -0.130. The van der Waals surface area contributed by atoms with Gasteiger partial charge >= 0.3 is 0 Å². The molecule has 0 radical (unpaired) electrons. The molecule has 0 aromatic heterocycles. The maximum absolute atomic E-state index is 12.3. The topological polar surface area (TPSA) is 87.3 Å². The molecule has 3 amide bonds. The third kappa shape index (κ3) is 5.53. The van der Waals surface area contributed by atoms with Crippen LogP contribution in [-0.4, -0.2) is 23.8 Å². The molecule has 6 nitrogen and oxygen atoms in total. The highest BCUT2D eigenvalue weighted by molar-refractivity contribution is 6.30. The standard InChI is InChI=1S/C17H22ClN3O3/c1-10(2)9-14(17(24)21-20-16(23)12-3-4-12)19-15(22)11-5-7-13(18)8-6-11/h5-8,10,12,14H,3-4,9H2,1-2H3,(H,19,22)(H,20,23)(H,21,24). The fourth-order valence-corrected chi connectivity index (χ4v) is 2.33. The van der Waals surface area contributed by atoms with Crippen LogP contribution in [0.25, 0.3) is 0 Å². The Labute approximate surface area is 146 Å². The molecule has 0 bridgehead atoms. The van der Waals surface area contributed by atoms with E-state index in [-0.39, 0.29) is 23.7 Å². The molecule has 130 valence electrons. The van der Waals surface area contributed by atoms with Crippen molar-refractivity contribution in [1.82, 2.24) is 16.2 Å². The molecule has 0 heterocycles. The summed E-state index contributed by atoms with van der Waals surface area (Å²) in [4.78, 5) is 36.2. The molecule has 1 aliphatic carbocycles. The highest BCUT2D eigenvalue weighted by atomic mass is 35.5. The van der Waals surface area contributed by atoms with Gasteiger partial charge in [-0.1, -0.05) is 25.4 Å². The van der Waals surface area contributed by atoms with E-state index < -0.39 is 11.9 Å². The van der Waals surface area contributed by atoms with E-state index in [2.05, 4.69) is 16.2 Å². The van der Waals surface area contributed by atoms with Gasteiger partial charge in [0.05, 0.1) is 0 Å². The number of hydrazine groups is 1. The second-order valence-electron chi connectivity index (χ2n) is 6.42. The zero-order valence-corrected chi connectivity index (χ0v) is 14.5. The summed E-state index contributed by atoms with van der Waals surface area (Å²) in [7, 11) is 0. The van der Waals surface area contributed by atoms with Crippen molar-refractivity contribution in [3.05, 3.63) is 34.9 Å². The highest BCUT2D eigenvalue weighted by Gasteiger charge is 2.30. The van der Waals surface area contributed by atoms with Crippen LogP contribution in [0.5, 0.6) is 0 Å². The molecule has 1 saturated carbocycles. The maximum atomic E-state index is 12.3. The summed E-state index contributed by atoms with van der Waals surface area (Å²) >= 11 is 5.81. The maximum Gasteiger partial charge on any atom is 0.260 e. The Morgan fingerprint density at radius 1 is 1.12 bits per heavy atom. The van der Waals surface area contributed by atoms with E-state index in [4.69, 9.17) is 11.6 Å². The zero-order valence-electron chi connectivity index (χ0n) is 13.8. The predicted octanol–water partition coefficient (Wildman–Crippen LogP) is 2.04. The van der Waals surface area contributed by atoms with Gasteiger partial charge in [-0.15, -0.1) is 0 Å². The van der Waals surface area contributed by atoms with Crippen LogP contribution in [0, 0.1) is 11.8 Å². The zero-order chi connectivity index (χ0) is 17.7. The van der Waals surface area contributed by atoms with E-state index in [1.165, 1.54) is 0 Å². The van der Waals surface area contributed by atoms with E-state index in [0.717, 1.165) is 12.8 Å². The van der Waals surface area contributed by atoms with Gasteiger partial charge in [-0.3, -0.25) is 25.2 Å². The summed E-state index contributed by atoms with van der Waals surface area (Å²) in [6.07, 6.45) is 2.17. The summed E-state index contributed by atoms with van der Waals surface area (Å²) in [5.74, 6) is -0.778. The quantitative estimate of drug-likeness (QED) is 0.685. The van der Waals surface area contributed by atoms with Crippen LogP contribution in [-0.2, 0) is 9.59 Å². The van der Waals surface area contributed by atoms with Crippen molar-refractivity contribution < 1.29 is 14.4 Å². The molecular formula is C17H22ClN3O3. The van der Waals surface area contributed by atoms with Crippen LogP contribution in [0.1, 0.15) is 43.5 Å². The third-order valence-electron chi connectivity index (χ3n) is 3.69. The number of amides is 3. The number of nitrogens with one attached hydrogen (secondary N) is 3. The van der Waals surface area contributed by atoms with Gasteiger partial charge < -0.3 is 5.32 Å². The van der Waals surface area contributed by atoms with E-state index in [1.54, 1.807) is 24.3 Å². The molecule has 0 spiro atoms. The third-order valence-corrected chi connectivity index (χ3v) is 3.94. The van der Waals surface area contributed by atoms with Crippen molar-refractivity contribution in [2.45, 2.75) is 39.2 Å². The van der Waals surface area contributed by atoms with Crippen molar-refractivity contribution in [3.63, 3.8) is 0 Å². The first-order chi connectivity index (χ1) is 11.4. The first kappa shape index (κ1) is 18.3. The molecule has 7 heteroatoms. The molecule has 0 saturated heterocycles. The van der Waals surface area contributed by atoms with Crippen molar-refractivity contribution in [3.8, 4) is 0 Å². The summed E-state index contributed by atoms with van der Waals surface area (Å²) in [5, 5.41) is 3.24. The first-order valence-electron chi connectivity index (χ1n) is 8.03. The molecule has 2 rings (SSSR count). The second kappa shape index (κ2) is 8.15. The van der Waals surface area contributed by atoms with Crippen LogP contribution in [0.4, 0.5) is 0 Å². The van der Waals surface area contributed by atoms with Gasteiger partial charge in [0.2, 0.25) is 5.91 Å². The smallest absolute Gasteiger partial charge is 0.260 e. The number of hydrogen-bond acceptors (Lipinski definition) is 3. The molecule has 1 atom stereocenters. The minimum absolute atomic E-state index is 0.00231. The summed E-state index contributed by atoms with van der Waals surface area (Å²) in [6, 6.07) is 5.69. The van der Waals surface area contributed by atoms with Gasteiger partial charge in [0.25, 0.3) is 11.8 Å². The van der Waals surface area contributed by atoms with E-state index in [0.29, 0.717) is 17.0 Å². The van der Waals surface area contributed by atoms with Crippen molar-refractivity contribution >= 4 is 29.3 Å². The molecule has 1 aliphatic rings. The normalized spacial score (nSPS) is 14.8. The van der Waals surface area contributed by atoms with Crippen LogP contribution in [0.15, 0.2) is 24.3 Å². The summed E-state index contributed by atoms with van der Waals surface area (Å²) in [5.41, 5.74) is 5.23. The predicted molar refractivity (Wildman–Crippen MR) is 91.2 cm³/mol. The number of halogens is 1. The molecule has 1 aromatic rings. The van der Waals surface area contributed by atoms with Gasteiger partial charge in [0, 0.05) is 16.5 Å². The van der Waals surface area contributed by atoms with Crippen molar-refractivity contribution in [2.24, 2.45) is 11.8 Å². The first-order valence-corrected chi connectivity index (χ1v) is 8.40. The van der Waals surface area contributed by atoms with Gasteiger partial charge in [-0.05, 0) is 49.4 Å². The van der Waals surface area contributed by atoms with Gasteiger partial charge in [0.15, 0.2) is 0 Å². The summed E-state index contributed by atoms with van der Waals surface area (Å²) in [6.45, 7) is 3.91. The Morgan fingerprint density at radius 3 is 2.29 bits per heavy atom. The Bertz CT molecular complexity index is 612. The second-order valence-corrected chi connectivity index (χ2v) is 6.85. The molecule has 0 aliphatic heterocycles. The van der Waals surface area contributed by atoms with E-state index in [1.807, 2.05) is 13.8 Å². The average Bonchev–Trinajstić information content (AvgIpc) is 3.36. The lowest BCUT2D eigenvalue weighted by atomic mass is 10.0. The number of carbonyl (C=O) groups excluding carboxylic acids is 3. The molecule has 1 aromatic carbocycles. The van der Waals surface area contributed by atoms with Crippen molar-refractivity contribution in [2.75, 3.05) is 0 Å². The van der Waals surface area contributed by atoms with Crippen LogP contribution >= 0.6 is 11.6 Å². The Kier molecular flexibility index (Phi) is 6.20. The summed E-state index contributed by atoms with van der Waals surface area (Å²) < 4.78 is 0. The fourth-order valence-electron chi connectivity index (χ4n) is 2.20. The molecule has 3 N–H and O–H groups in total. The van der Waals surface area contributed by atoms with Gasteiger partial charge in [0.1, 0.15) is 6.04 Å². The monoisotopic (exact) mass is 351 g/mol. The van der Waals surface area contributed by atoms with Crippen LogP contribution < -0.4 is 16.2 Å². The minimum Gasteiger partial charge on any atom is -0.340 e. The fraction of sp³-hybridized carbons (Fsp3) is 0.471. The lowest BCUT2D eigenvalue weighted by Crippen LogP contribution is -2.53. The Morgan fingerprint density at radius 2 is 1.75 bits per heavy atom. The number of rotatable bonds is 6. The van der Waals surface area contributed by atoms with Gasteiger partial charge in [-0.2, -0.15) is 0 Å². The highest BCUT2D eigenvalue weighted by Crippen LogP contribution is 2.28. The van der Waals surface area contributed by atoms with E-state index >= 15 is 0 Å². The Balaban J connectivity index is 1.95. The molecule has 1 unspecified atom stereocenters. The molecular weight excluding hydrogens is 330 g/mol. The minimum atomic E-state index is -0.729. The number of carbonyl (C=O) groups is 3. The average molecular weight is 352 g/mol. The number of hydrogen-bond donors (Lipinski definition) is 3. The Hall–Kier alpha value is -2.08. The number of benzene rings is 1. The van der Waals surface area contributed by atoms with Gasteiger partial charge in [-0.25, -0.2) is 0 Å². The van der Waals surface area contributed by atoms with Crippen LogP contribution in [0.3, 0.4) is 0 Å². The van der Waals surface area contributed by atoms with Crippen LogP contribution in [0.2, 0.25) is 5.02 Å². The largest absolute Gasteiger partial charge is 0.340 e. The molecule has 24 heavy (non-hydrogen) atoms. The van der Waals surface area contributed by atoms with E-state index in [9.17, 15) is 14.4 Å².